The van der Waals surface area contributed by atoms with Crippen molar-refractivity contribution in [1.29, 1.82) is 5.26 Å². The van der Waals surface area contributed by atoms with Crippen LogP contribution in [0.15, 0.2) is 54.1 Å². The first-order chi connectivity index (χ1) is 14.9. The van der Waals surface area contributed by atoms with Gasteiger partial charge in [-0.25, -0.2) is 9.59 Å². The van der Waals surface area contributed by atoms with Gasteiger partial charge >= 0.3 is 11.9 Å². The molecule has 0 bridgehead atoms. The van der Waals surface area contributed by atoms with Crippen LogP contribution in [-0.2, 0) is 36.8 Å². The van der Waals surface area contributed by atoms with Gasteiger partial charge in [0.15, 0.2) is 6.61 Å². The van der Waals surface area contributed by atoms with Crippen molar-refractivity contribution in [3.63, 3.8) is 0 Å². The summed E-state index contributed by atoms with van der Waals surface area (Å²) in [6, 6.07) is 15.8. The van der Waals surface area contributed by atoms with E-state index in [9.17, 15) is 19.6 Å². The van der Waals surface area contributed by atoms with Crippen LogP contribution in [0.3, 0.4) is 0 Å². The van der Waals surface area contributed by atoms with Crippen LogP contribution in [0, 0.1) is 18.3 Å². The molecule has 0 unspecified atom stereocenters. The first-order valence-electron chi connectivity index (χ1n) is 9.72. The average molecular weight is 418 g/mol. The summed E-state index contributed by atoms with van der Waals surface area (Å²) in [4.78, 5) is 38.7. The lowest BCUT2D eigenvalue weighted by atomic mass is 9.94. The molecule has 31 heavy (non-hydrogen) atoms. The minimum Gasteiger partial charge on any atom is -0.467 e. The third-order valence-electron chi connectivity index (χ3n) is 5.10. The molecule has 158 valence electrons. The number of methoxy groups -OCH3 is 1. The zero-order chi connectivity index (χ0) is 22.4. The summed E-state index contributed by atoms with van der Waals surface area (Å²) >= 11 is 0. The van der Waals surface area contributed by atoms with Gasteiger partial charge in [-0.3, -0.25) is 4.79 Å². The number of hydrogen-bond donors (Lipinski definition) is 0. The largest absolute Gasteiger partial charge is 0.467 e. The van der Waals surface area contributed by atoms with Crippen molar-refractivity contribution in [3.05, 3.63) is 76.4 Å². The Morgan fingerprint density at radius 3 is 2.45 bits per heavy atom. The fraction of sp³-hybridized carbons (Fsp3) is 0.250. The highest BCUT2D eigenvalue weighted by Gasteiger charge is 2.35. The quantitative estimate of drug-likeness (QED) is 0.421. The van der Waals surface area contributed by atoms with Crippen molar-refractivity contribution >= 4 is 23.9 Å². The van der Waals surface area contributed by atoms with Gasteiger partial charge in [-0.15, -0.1) is 0 Å². The molecule has 0 radical (unpaired) electrons. The predicted molar refractivity (Wildman–Crippen MR) is 112 cm³/mol. The van der Waals surface area contributed by atoms with E-state index in [1.807, 2.05) is 43.3 Å². The van der Waals surface area contributed by atoms with Crippen LogP contribution in [0.1, 0.15) is 22.3 Å². The molecule has 1 aliphatic rings. The molecule has 0 saturated carbocycles. The fourth-order valence-electron chi connectivity index (χ4n) is 3.39. The summed E-state index contributed by atoms with van der Waals surface area (Å²) in [5.41, 5.74) is 3.38. The number of carbonyl (C=O) groups excluding carboxylic acids is 3. The maximum atomic E-state index is 12.8. The van der Waals surface area contributed by atoms with Crippen molar-refractivity contribution in [2.24, 2.45) is 0 Å². The molecule has 0 saturated heterocycles. The number of nitriles is 1. The number of aryl methyl sites for hydroxylation is 1. The van der Waals surface area contributed by atoms with Gasteiger partial charge in [0, 0.05) is 13.0 Å². The van der Waals surface area contributed by atoms with Crippen molar-refractivity contribution in [1.82, 2.24) is 4.90 Å². The Morgan fingerprint density at radius 1 is 1.13 bits per heavy atom. The highest BCUT2D eigenvalue weighted by molar-refractivity contribution is 5.99. The van der Waals surface area contributed by atoms with Crippen molar-refractivity contribution in [2.75, 3.05) is 13.7 Å². The summed E-state index contributed by atoms with van der Waals surface area (Å²) in [6.45, 7) is 1.55. The van der Waals surface area contributed by atoms with E-state index in [1.54, 1.807) is 18.2 Å². The van der Waals surface area contributed by atoms with E-state index in [0.29, 0.717) is 12.0 Å². The minimum absolute atomic E-state index is 0.205. The molecule has 7 heteroatoms. The second kappa shape index (κ2) is 9.72. The van der Waals surface area contributed by atoms with Crippen LogP contribution in [0.25, 0.3) is 6.08 Å². The molecule has 1 heterocycles. The maximum Gasteiger partial charge on any atom is 0.349 e. The Kier molecular flexibility index (Phi) is 6.83. The Balaban J connectivity index is 1.70. The molecule has 0 spiro atoms. The monoisotopic (exact) mass is 418 g/mol. The van der Waals surface area contributed by atoms with Crippen molar-refractivity contribution in [2.45, 2.75) is 25.9 Å². The van der Waals surface area contributed by atoms with Crippen LogP contribution >= 0.6 is 0 Å². The van der Waals surface area contributed by atoms with Gasteiger partial charge in [0.1, 0.15) is 17.7 Å². The highest BCUT2D eigenvalue weighted by atomic mass is 16.5. The molecule has 1 aliphatic heterocycles. The smallest absolute Gasteiger partial charge is 0.349 e. The standard InChI is InChI=1S/C24H22N2O5/c1-16-7-9-17(10-8-16)11-20(13-25)23(28)31-15-22(27)26-14-19-6-4-3-5-18(19)12-21(26)24(29)30-2/h3-11,21H,12,14-15H2,1-2H3/b20-11+/t21-/m0/s1. The van der Waals surface area contributed by atoms with Gasteiger partial charge < -0.3 is 14.4 Å². The Labute approximate surface area is 180 Å². The summed E-state index contributed by atoms with van der Waals surface area (Å²) in [6.07, 6.45) is 1.72. The zero-order valence-corrected chi connectivity index (χ0v) is 17.3. The van der Waals surface area contributed by atoms with E-state index in [-0.39, 0.29) is 12.1 Å². The molecule has 2 aromatic carbocycles. The van der Waals surface area contributed by atoms with E-state index in [1.165, 1.54) is 18.1 Å². The van der Waals surface area contributed by atoms with Crippen LogP contribution in [0.4, 0.5) is 0 Å². The Morgan fingerprint density at radius 2 is 1.81 bits per heavy atom. The Bertz CT molecular complexity index is 1070. The number of ether oxygens (including phenoxy) is 2. The van der Waals surface area contributed by atoms with Gasteiger partial charge in [-0.1, -0.05) is 54.1 Å². The molecular weight excluding hydrogens is 396 g/mol. The second-order valence-corrected chi connectivity index (χ2v) is 7.19. The SMILES string of the molecule is COC(=O)[C@@H]1Cc2ccccc2CN1C(=O)COC(=O)/C(C#N)=C/c1ccc(C)cc1. The number of fused-ring (bicyclic) bond motifs is 1. The lowest BCUT2D eigenvalue weighted by Crippen LogP contribution is -2.50. The van der Waals surface area contributed by atoms with E-state index >= 15 is 0 Å². The molecular formula is C24H22N2O5. The van der Waals surface area contributed by atoms with Crippen molar-refractivity contribution in [3.8, 4) is 6.07 Å². The van der Waals surface area contributed by atoms with Crippen LogP contribution in [-0.4, -0.2) is 42.5 Å². The van der Waals surface area contributed by atoms with Gasteiger partial charge in [0.25, 0.3) is 5.91 Å². The molecule has 0 N–H and O–H groups in total. The number of amides is 1. The molecule has 0 aromatic heterocycles. The van der Waals surface area contributed by atoms with Gasteiger partial charge in [-0.05, 0) is 29.7 Å². The summed E-state index contributed by atoms with van der Waals surface area (Å²) in [7, 11) is 1.26. The van der Waals surface area contributed by atoms with E-state index in [4.69, 9.17) is 9.47 Å². The first-order valence-corrected chi connectivity index (χ1v) is 9.72. The zero-order valence-electron chi connectivity index (χ0n) is 17.3. The normalized spacial score (nSPS) is 15.5. The fourth-order valence-corrected chi connectivity index (χ4v) is 3.39. The molecule has 3 rings (SSSR count). The molecule has 7 nitrogen and oxygen atoms in total. The number of hydrogen-bond acceptors (Lipinski definition) is 6. The molecule has 1 amide bonds. The summed E-state index contributed by atoms with van der Waals surface area (Å²) in [5, 5.41) is 9.31. The van der Waals surface area contributed by atoms with Gasteiger partial charge in [-0.2, -0.15) is 5.26 Å². The Hall–Kier alpha value is -3.92. The number of rotatable bonds is 5. The van der Waals surface area contributed by atoms with Crippen molar-refractivity contribution < 1.29 is 23.9 Å². The molecule has 1 atom stereocenters. The highest BCUT2D eigenvalue weighted by Crippen LogP contribution is 2.24. The lowest BCUT2D eigenvalue weighted by Gasteiger charge is -2.35. The number of benzene rings is 2. The van der Waals surface area contributed by atoms with E-state index in [0.717, 1.165) is 16.7 Å². The molecule has 0 aliphatic carbocycles. The van der Waals surface area contributed by atoms with E-state index < -0.39 is 30.5 Å². The number of nitrogens with zero attached hydrogens (tertiary/aromatic N) is 2. The summed E-state index contributed by atoms with van der Waals surface area (Å²) < 4.78 is 9.93. The van der Waals surface area contributed by atoms with Crippen LogP contribution in [0.5, 0.6) is 0 Å². The number of esters is 2. The summed E-state index contributed by atoms with van der Waals surface area (Å²) in [5.74, 6) is -1.97. The third kappa shape index (κ3) is 5.17. The van der Waals surface area contributed by atoms with Gasteiger partial charge in [0.05, 0.1) is 7.11 Å². The molecule has 2 aromatic rings. The predicted octanol–water partition coefficient (Wildman–Crippen LogP) is 2.57. The topological polar surface area (TPSA) is 96.7 Å². The first kappa shape index (κ1) is 21.8. The number of carbonyl (C=O) groups is 3. The molecule has 0 fully saturated rings. The van der Waals surface area contributed by atoms with Crippen LogP contribution < -0.4 is 0 Å². The second-order valence-electron chi connectivity index (χ2n) is 7.19. The van der Waals surface area contributed by atoms with E-state index in [2.05, 4.69) is 0 Å². The van der Waals surface area contributed by atoms with Crippen LogP contribution in [0.2, 0.25) is 0 Å². The average Bonchev–Trinajstić information content (AvgIpc) is 2.80. The minimum atomic E-state index is -0.900. The lowest BCUT2D eigenvalue weighted by molar-refractivity contribution is -0.158. The van der Waals surface area contributed by atoms with Gasteiger partial charge in [0.2, 0.25) is 0 Å². The third-order valence-corrected chi connectivity index (χ3v) is 5.10. The maximum absolute atomic E-state index is 12.8.